The Labute approximate surface area is 115 Å². The summed E-state index contributed by atoms with van der Waals surface area (Å²) in [5.74, 6) is 0.152. The van der Waals surface area contributed by atoms with Gasteiger partial charge in [-0.05, 0) is 24.3 Å². The number of benzene rings is 2. The number of rotatable bonds is 1. The Kier molecular flexibility index (Phi) is 2.80. The summed E-state index contributed by atoms with van der Waals surface area (Å²) in [6.07, 6.45) is 0. The minimum Gasteiger partial charge on any atom is -0.435 e. The normalized spacial score (nSPS) is 16.2. The molecule has 0 amide bonds. The van der Waals surface area contributed by atoms with E-state index in [9.17, 15) is 8.42 Å². The highest BCUT2D eigenvalue weighted by Gasteiger charge is 2.29. The highest BCUT2D eigenvalue weighted by Crippen LogP contribution is 2.36. The first kappa shape index (κ1) is 12.2. The minimum absolute atomic E-state index is 0.0142. The van der Waals surface area contributed by atoms with Crippen molar-refractivity contribution in [1.29, 1.82) is 0 Å². The van der Waals surface area contributed by atoms with E-state index in [0.29, 0.717) is 5.56 Å². The molecule has 2 aromatic carbocycles. The van der Waals surface area contributed by atoms with E-state index in [1.807, 2.05) is 6.07 Å². The van der Waals surface area contributed by atoms with Crippen LogP contribution >= 0.6 is 11.6 Å². The van der Waals surface area contributed by atoms with Crippen molar-refractivity contribution in [1.82, 2.24) is 0 Å². The maximum Gasteiger partial charge on any atom is 0.289 e. The van der Waals surface area contributed by atoms with Crippen molar-refractivity contribution in [3.8, 4) is 5.75 Å². The van der Waals surface area contributed by atoms with E-state index in [4.69, 9.17) is 16.3 Å². The van der Waals surface area contributed by atoms with Crippen LogP contribution in [0.4, 0.5) is 0 Å². The van der Waals surface area contributed by atoms with E-state index in [1.54, 1.807) is 36.4 Å². The van der Waals surface area contributed by atoms with E-state index in [1.165, 1.54) is 6.07 Å². The number of para-hydroxylation sites is 1. The van der Waals surface area contributed by atoms with Gasteiger partial charge in [-0.15, -0.1) is 4.40 Å². The molecule has 4 nitrogen and oxygen atoms in total. The molecule has 6 heteroatoms. The SMILES string of the molecule is O=S1(=O)N=C(c2ccccc2)Oc2c(Cl)cccc21. The van der Waals surface area contributed by atoms with Crippen LogP contribution in [0.1, 0.15) is 5.56 Å². The molecule has 1 aliphatic heterocycles. The molecule has 1 heterocycles. The van der Waals surface area contributed by atoms with E-state index in [-0.39, 0.29) is 21.6 Å². The van der Waals surface area contributed by atoms with Crippen molar-refractivity contribution in [3.63, 3.8) is 0 Å². The number of ether oxygens (including phenoxy) is 1. The third-order valence-electron chi connectivity index (χ3n) is 2.63. The number of hydrogen-bond donors (Lipinski definition) is 0. The lowest BCUT2D eigenvalue weighted by Crippen LogP contribution is -2.19. The Hall–Kier alpha value is -1.85. The van der Waals surface area contributed by atoms with Crippen molar-refractivity contribution in [3.05, 3.63) is 59.1 Å². The molecule has 0 fully saturated rings. The van der Waals surface area contributed by atoms with Gasteiger partial charge in [0.2, 0.25) is 5.90 Å². The maximum atomic E-state index is 12.1. The molecule has 0 spiro atoms. The highest BCUT2D eigenvalue weighted by atomic mass is 35.5. The molecule has 0 saturated carbocycles. The van der Waals surface area contributed by atoms with Crippen molar-refractivity contribution >= 4 is 27.5 Å². The van der Waals surface area contributed by atoms with Crippen LogP contribution in [0, 0.1) is 0 Å². The third kappa shape index (κ3) is 2.11. The summed E-state index contributed by atoms with van der Waals surface area (Å²) >= 11 is 5.98. The Bertz CT molecular complexity index is 770. The number of halogens is 1. The molecule has 3 rings (SSSR count). The Morgan fingerprint density at radius 1 is 1.00 bits per heavy atom. The predicted molar refractivity (Wildman–Crippen MR) is 72.2 cm³/mol. The fourth-order valence-corrected chi connectivity index (χ4v) is 3.12. The molecule has 0 bridgehead atoms. The number of hydrogen-bond acceptors (Lipinski definition) is 3. The van der Waals surface area contributed by atoms with E-state index >= 15 is 0 Å². The predicted octanol–water partition coefficient (Wildman–Crippen LogP) is 2.87. The number of sulfonamides is 1. The van der Waals surface area contributed by atoms with Gasteiger partial charge in [0.1, 0.15) is 4.90 Å². The molecule has 2 aromatic rings. The van der Waals surface area contributed by atoms with Gasteiger partial charge in [-0.25, -0.2) is 0 Å². The third-order valence-corrected chi connectivity index (χ3v) is 4.21. The van der Waals surface area contributed by atoms with Crippen LogP contribution in [0.25, 0.3) is 0 Å². The molecular weight excluding hydrogens is 286 g/mol. The largest absolute Gasteiger partial charge is 0.435 e. The number of nitrogens with zero attached hydrogens (tertiary/aromatic N) is 1. The fourth-order valence-electron chi connectivity index (χ4n) is 1.76. The average Bonchev–Trinajstić information content (AvgIpc) is 2.40. The van der Waals surface area contributed by atoms with Gasteiger partial charge >= 0.3 is 0 Å². The van der Waals surface area contributed by atoms with Crippen LogP contribution in [-0.4, -0.2) is 14.3 Å². The lowest BCUT2D eigenvalue weighted by atomic mass is 10.2. The molecule has 0 aliphatic carbocycles. The van der Waals surface area contributed by atoms with Crippen LogP contribution in [0.5, 0.6) is 5.75 Å². The number of fused-ring (bicyclic) bond motifs is 1. The smallest absolute Gasteiger partial charge is 0.289 e. The Morgan fingerprint density at radius 2 is 1.74 bits per heavy atom. The van der Waals surface area contributed by atoms with Gasteiger partial charge in [-0.1, -0.05) is 35.9 Å². The maximum absolute atomic E-state index is 12.1. The van der Waals surface area contributed by atoms with Gasteiger partial charge < -0.3 is 4.74 Å². The molecule has 96 valence electrons. The van der Waals surface area contributed by atoms with Crippen LogP contribution in [0.2, 0.25) is 5.02 Å². The quantitative estimate of drug-likeness (QED) is 0.812. The van der Waals surface area contributed by atoms with E-state index in [2.05, 4.69) is 4.40 Å². The zero-order valence-electron chi connectivity index (χ0n) is 9.58. The molecule has 0 saturated heterocycles. The Balaban J connectivity index is 2.20. The molecule has 19 heavy (non-hydrogen) atoms. The molecule has 0 N–H and O–H groups in total. The van der Waals surface area contributed by atoms with E-state index < -0.39 is 10.0 Å². The van der Waals surface area contributed by atoms with Crippen molar-refractivity contribution < 1.29 is 13.2 Å². The van der Waals surface area contributed by atoms with Crippen molar-refractivity contribution in [2.24, 2.45) is 4.40 Å². The molecule has 1 aliphatic rings. The molecule has 0 unspecified atom stereocenters. The second-order valence-electron chi connectivity index (χ2n) is 3.91. The van der Waals surface area contributed by atoms with E-state index in [0.717, 1.165) is 0 Å². The lowest BCUT2D eigenvalue weighted by Gasteiger charge is -2.17. The van der Waals surface area contributed by atoms with Crippen LogP contribution in [0.3, 0.4) is 0 Å². The summed E-state index contributed by atoms with van der Waals surface area (Å²) in [6, 6.07) is 13.3. The first-order chi connectivity index (χ1) is 9.08. The summed E-state index contributed by atoms with van der Waals surface area (Å²) in [7, 11) is -3.78. The highest BCUT2D eigenvalue weighted by molar-refractivity contribution is 7.90. The monoisotopic (exact) mass is 293 g/mol. The molecular formula is C13H8ClNO3S. The molecule has 0 radical (unpaired) electrons. The van der Waals surface area contributed by atoms with Gasteiger partial charge in [0, 0.05) is 5.56 Å². The standard InChI is InChI=1S/C13H8ClNO3S/c14-10-7-4-8-11-12(10)18-13(15-19(11,16)17)9-5-2-1-3-6-9/h1-8H. The fraction of sp³-hybridized carbons (Fsp3) is 0. The zero-order valence-corrected chi connectivity index (χ0v) is 11.1. The van der Waals surface area contributed by atoms with Crippen molar-refractivity contribution in [2.75, 3.05) is 0 Å². The second-order valence-corrected chi connectivity index (χ2v) is 5.89. The Morgan fingerprint density at radius 3 is 2.47 bits per heavy atom. The summed E-state index contributed by atoms with van der Waals surface area (Å²) in [5, 5.41) is 0.240. The summed E-state index contributed by atoms with van der Waals surface area (Å²) in [6.45, 7) is 0. The van der Waals surface area contributed by atoms with Crippen LogP contribution in [-0.2, 0) is 10.0 Å². The van der Waals surface area contributed by atoms with Gasteiger partial charge in [-0.3, -0.25) is 0 Å². The molecule has 0 aromatic heterocycles. The van der Waals surface area contributed by atoms with Crippen molar-refractivity contribution in [2.45, 2.75) is 4.90 Å². The van der Waals surface area contributed by atoms with Gasteiger partial charge in [0.15, 0.2) is 5.75 Å². The summed E-state index contributed by atoms with van der Waals surface area (Å²) in [5.41, 5.74) is 0.580. The van der Waals surface area contributed by atoms with Gasteiger partial charge in [-0.2, -0.15) is 8.42 Å². The zero-order chi connectivity index (χ0) is 13.5. The topological polar surface area (TPSA) is 55.7 Å². The first-order valence-corrected chi connectivity index (χ1v) is 7.26. The lowest BCUT2D eigenvalue weighted by molar-refractivity contribution is 0.519. The summed E-state index contributed by atoms with van der Waals surface area (Å²) < 4.78 is 33.4. The summed E-state index contributed by atoms with van der Waals surface area (Å²) in [4.78, 5) is -0.0142. The van der Waals surface area contributed by atoms with Gasteiger partial charge in [0.05, 0.1) is 5.02 Å². The second kappa shape index (κ2) is 4.36. The van der Waals surface area contributed by atoms with Crippen LogP contribution < -0.4 is 4.74 Å². The van der Waals surface area contributed by atoms with Gasteiger partial charge in [0.25, 0.3) is 10.0 Å². The van der Waals surface area contributed by atoms with Crippen LogP contribution in [0.15, 0.2) is 57.8 Å². The molecule has 0 atom stereocenters. The first-order valence-electron chi connectivity index (χ1n) is 5.45. The average molecular weight is 294 g/mol. The minimum atomic E-state index is -3.78.